The summed E-state index contributed by atoms with van der Waals surface area (Å²) in [5.74, 6) is 1.47. The summed E-state index contributed by atoms with van der Waals surface area (Å²) in [6.45, 7) is 0. The van der Waals surface area contributed by atoms with E-state index in [2.05, 4.69) is 176 Å². The van der Waals surface area contributed by atoms with Crippen LogP contribution in [0, 0.1) is 0 Å². The zero-order chi connectivity index (χ0) is 39.1. The Morgan fingerprint density at radius 2 is 0.915 bits per heavy atom. The molecular formula is C55H35N3O. The Morgan fingerprint density at radius 1 is 0.356 bits per heavy atom. The fraction of sp³-hybridized carbons (Fsp3) is 0. The topological polar surface area (TPSA) is 51.8 Å². The van der Waals surface area contributed by atoms with Crippen molar-refractivity contribution in [1.82, 2.24) is 15.0 Å². The van der Waals surface area contributed by atoms with Crippen LogP contribution in [0.3, 0.4) is 0 Å². The molecule has 4 heteroatoms. The first-order chi connectivity index (χ1) is 29.2. The molecular weight excluding hydrogens is 719 g/mol. The molecule has 11 aromatic rings. The third-order valence-electron chi connectivity index (χ3n) is 11.1. The van der Waals surface area contributed by atoms with E-state index >= 15 is 0 Å². The molecule has 59 heavy (non-hydrogen) atoms. The van der Waals surface area contributed by atoms with Crippen molar-refractivity contribution in [1.29, 1.82) is 0 Å². The second-order valence-corrected chi connectivity index (χ2v) is 14.7. The van der Waals surface area contributed by atoms with Gasteiger partial charge in [-0.1, -0.05) is 188 Å². The van der Waals surface area contributed by atoms with Crippen molar-refractivity contribution in [3.63, 3.8) is 0 Å². The first-order valence-electron chi connectivity index (χ1n) is 19.9. The molecule has 0 radical (unpaired) electrons. The third-order valence-corrected chi connectivity index (χ3v) is 11.1. The molecule has 0 aliphatic rings. The van der Waals surface area contributed by atoms with Crippen molar-refractivity contribution in [2.24, 2.45) is 0 Å². The minimum atomic E-state index is 0.677. The molecule has 0 saturated carbocycles. The monoisotopic (exact) mass is 753 g/mol. The number of rotatable bonds is 7. The van der Waals surface area contributed by atoms with Crippen LogP contribution in [0.5, 0.6) is 0 Å². The zero-order valence-corrected chi connectivity index (χ0v) is 32.0. The fourth-order valence-electron chi connectivity index (χ4n) is 8.24. The second kappa shape index (κ2) is 14.5. The number of aromatic nitrogens is 3. The lowest BCUT2D eigenvalue weighted by Crippen LogP contribution is -1.96. The smallest absolute Gasteiger partial charge is 0.160 e. The van der Waals surface area contributed by atoms with Crippen molar-refractivity contribution in [2.75, 3.05) is 0 Å². The second-order valence-electron chi connectivity index (χ2n) is 14.7. The standard InChI is InChI=1S/C55H35N3O/c1-4-16-36(17-5-1)42-24-14-25-43(34-42)49-35-48(57-55(58-49)41-21-8-3-9-22-41)38-30-32-40(33-31-38)53-50(45-28-15-23-37-18-10-11-26-44(37)45)51-52(39-19-6-2-7-20-39)56-47-29-13-12-27-46(47)54(51)59-53/h1-35H. The predicted molar refractivity (Wildman–Crippen MR) is 243 cm³/mol. The van der Waals surface area contributed by atoms with E-state index in [9.17, 15) is 0 Å². The highest BCUT2D eigenvalue weighted by Gasteiger charge is 2.25. The van der Waals surface area contributed by atoms with Crippen LogP contribution >= 0.6 is 0 Å². The van der Waals surface area contributed by atoms with Gasteiger partial charge in [-0.05, 0) is 51.7 Å². The lowest BCUT2D eigenvalue weighted by Gasteiger charge is -2.12. The number of nitrogens with zero attached hydrogens (tertiary/aromatic N) is 3. The van der Waals surface area contributed by atoms with Crippen molar-refractivity contribution in [2.45, 2.75) is 0 Å². The highest BCUT2D eigenvalue weighted by Crippen LogP contribution is 2.48. The molecule has 4 nitrogen and oxygen atoms in total. The van der Waals surface area contributed by atoms with Crippen LogP contribution < -0.4 is 0 Å². The van der Waals surface area contributed by atoms with Crippen molar-refractivity contribution < 1.29 is 4.42 Å². The Balaban J connectivity index is 1.11. The van der Waals surface area contributed by atoms with Gasteiger partial charge in [0.2, 0.25) is 0 Å². The molecule has 0 atom stereocenters. The normalized spacial score (nSPS) is 11.4. The number of benzene rings is 8. The molecule has 11 rings (SSSR count). The molecule has 0 aliphatic heterocycles. The number of para-hydroxylation sites is 1. The average molecular weight is 754 g/mol. The Morgan fingerprint density at radius 3 is 1.68 bits per heavy atom. The third kappa shape index (κ3) is 6.24. The highest BCUT2D eigenvalue weighted by molar-refractivity contribution is 6.19. The molecule has 276 valence electrons. The van der Waals surface area contributed by atoms with Gasteiger partial charge in [0, 0.05) is 38.8 Å². The van der Waals surface area contributed by atoms with E-state index in [1.165, 1.54) is 5.39 Å². The fourth-order valence-corrected chi connectivity index (χ4v) is 8.24. The van der Waals surface area contributed by atoms with Crippen molar-refractivity contribution >= 4 is 32.6 Å². The van der Waals surface area contributed by atoms with Gasteiger partial charge in [-0.2, -0.15) is 0 Å². The maximum absolute atomic E-state index is 7.15. The first kappa shape index (κ1) is 34.3. The summed E-state index contributed by atoms with van der Waals surface area (Å²) >= 11 is 0. The summed E-state index contributed by atoms with van der Waals surface area (Å²) in [4.78, 5) is 15.6. The molecule has 0 amide bonds. The highest BCUT2D eigenvalue weighted by atomic mass is 16.3. The van der Waals surface area contributed by atoms with E-state index in [1.54, 1.807) is 0 Å². The number of pyridine rings is 1. The summed E-state index contributed by atoms with van der Waals surface area (Å²) in [7, 11) is 0. The van der Waals surface area contributed by atoms with E-state index in [1.807, 2.05) is 36.4 Å². The van der Waals surface area contributed by atoms with Gasteiger partial charge in [-0.15, -0.1) is 0 Å². The van der Waals surface area contributed by atoms with Gasteiger partial charge in [0.15, 0.2) is 5.82 Å². The number of fused-ring (bicyclic) bond motifs is 4. The van der Waals surface area contributed by atoms with E-state index < -0.39 is 0 Å². The Bertz CT molecular complexity index is 3300. The van der Waals surface area contributed by atoms with Gasteiger partial charge < -0.3 is 4.42 Å². The van der Waals surface area contributed by atoms with Crippen LogP contribution in [0.1, 0.15) is 0 Å². The van der Waals surface area contributed by atoms with E-state index in [-0.39, 0.29) is 0 Å². The first-order valence-corrected chi connectivity index (χ1v) is 19.9. The molecule has 0 unspecified atom stereocenters. The van der Waals surface area contributed by atoms with Gasteiger partial charge in [0.05, 0.1) is 28.0 Å². The summed E-state index contributed by atoms with van der Waals surface area (Å²) in [6.07, 6.45) is 0. The Labute approximate surface area is 341 Å². The van der Waals surface area contributed by atoms with Crippen LogP contribution in [-0.4, -0.2) is 15.0 Å². The summed E-state index contributed by atoms with van der Waals surface area (Å²) in [5, 5.41) is 4.29. The lowest BCUT2D eigenvalue weighted by atomic mass is 9.91. The number of hydrogen-bond acceptors (Lipinski definition) is 4. The quantitative estimate of drug-likeness (QED) is 0.163. The van der Waals surface area contributed by atoms with Crippen LogP contribution in [0.2, 0.25) is 0 Å². The predicted octanol–water partition coefficient (Wildman–Crippen LogP) is 14.6. The van der Waals surface area contributed by atoms with Crippen LogP contribution in [0.15, 0.2) is 217 Å². The van der Waals surface area contributed by atoms with Crippen LogP contribution in [0.25, 0.3) is 111 Å². The molecule has 0 fully saturated rings. The van der Waals surface area contributed by atoms with Gasteiger partial charge in [-0.3, -0.25) is 0 Å². The number of furan rings is 1. The summed E-state index contributed by atoms with van der Waals surface area (Å²) in [5.41, 5.74) is 13.7. The molecule has 3 heterocycles. The molecule has 0 bridgehead atoms. The molecule has 0 saturated heterocycles. The Hall–Kier alpha value is -7.95. The minimum Gasteiger partial charge on any atom is -0.455 e. The number of hydrogen-bond donors (Lipinski definition) is 0. The Kier molecular flexibility index (Phi) is 8.45. The maximum atomic E-state index is 7.15. The largest absolute Gasteiger partial charge is 0.455 e. The molecule has 0 N–H and O–H groups in total. The van der Waals surface area contributed by atoms with Crippen molar-refractivity contribution in [3.8, 4) is 78.7 Å². The summed E-state index contributed by atoms with van der Waals surface area (Å²) < 4.78 is 7.15. The lowest BCUT2D eigenvalue weighted by molar-refractivity contribution is 0.636. The van der Waals surface area contributed by atoms with E-state index in [4.69, 9.17) is 19.4 Å². The van der Waals surface area contributed by atoms with Gasteiger partial charge in [0.25, 0.3) is 0 Å². The van der Waals surface area contributed by atoms with Crippen LogP contribution in [-0.2, 0) is 0 Å². The van der Waals surface area contributed by atoms with E-state index in [0.717, 1.165) is 100 Å². The maximum Gasteiger partial charge on any atom is 0.160 e. The van der Waals surface area contributed by atoms with Crippen LogP contribution in [0.4, 0.5) is 0 Å². The van der Waals surface area contributed by atoms with Gasteiger partial charge in [-0.25, -0.2) is 15.0 Å². The van der Waals surface area contributed by atoms with Crippen molar-refractivity contribution in [3.05, 3.63) is 212 Å². The zero-order valence-electron chi connectivity index (χ0n) is 32.0. The molecule has 0 spiro atoms. The average Bonchev–Trinajstić information content (AvgIpc) is 3.73. The molecule has 0 aliphatic carbocycles. The minimum absolute atomic E-state index is 0.677. The molecule has 3 aromatic heterocycles. The van der Waals surface area contributed by atoms with Gasteiger partial charge in [0.1, 0.15) is 11.3 Å². The summed E-state index contributed by atoms with van der Waals surface area (Å²) in [6, 6.07) is 73.6. The van der Waals surface area contributed by atoms with E-state index in [0.29, 0.717) is 5.82 Å². The molecule has 8 aromatic carbocycles. The van der Waals surface area contributed by atoms with Gasteiger partial charge >= 0.3 is 0 Å². The SMILES string of the molecule is c1ccc(-c2cccc(-c3cc(-c4ccc(-c5oc6c(c(-c7ccccc7)nc7ccccc76)c5-c5cccc6ccccc56)cc4)nc(-c4ccccc4)n3)c2)cc1.